The molecule has 1 aromatic rings. The SMILES string of the molecule is CC(C)NC(=O)N1Cc2nccn2C[C@H](CN(C)C(C)C)C1. The van der Waals surface area contributed by atoms with Crippen LogP contribution in [0.4, 0.5) is 4.79 Å². The Balaban J connectivity index is 2.13. The van der Waals surface area contributed by atoms with E-state index in [1.807, 2.05) is 31.1 Å². The molecular formula is C16H29N5O. The average molecular weight is 307 g/mol. The van der Waals surface area contributed by atoms with Crippen molar-refractivity contribution in [2.24, 2.45) is 5.92 Å². The third-order valence-electron chi connectivity index (χ3n) is 4.19. The molecule has 6 nitrogen and oxygen atoms in total. The third-order valence-corrected chi connectivity index (χ3v) is 4.19. The van der Waals surface area contributed by atoms with E-state index in [9.17, 15) is 4.79 Å². The summed E-state index contributed by atoms with van der Waals surface area (Å²) in [6.07, 6.45) is 3.84. The summed E-state index contributed by atoms with van der Waals surface area (Å²) in [5.41, 5.74) is 0. The highest BCUT2D eigenvalue weighted by molar-refractivity contribution is 5.74. The Morgan fingerprint density at radius 1 is 1.41 bits per heavy atom. The number of carbonyl (C=O) groups is 1. The maximum absolute atomic E-state index is 12.4. The molecule has 124 valence electrons. The van der Waals surface area contributed by atoms with Crippen molar-refractivity contribution in [1.29, 1.82) is 0 Å². The number of urea groups is 1. The molecule has 1 N–H and O–H groups in total. The van der Waals surface area contributed by atoms with Crippen molar-refractivity contribution >= 4 is 6.03 Å². The van der Waals surface area contributed by atoms with Gasteiger partial charge >= 0.3 is 6.03 Å². The fourth-order valence-corrected chi connectivity index (χ4v) is 2.77. The smallest absolute Gasteiger partial charge is 0.318 e. The van der Waals surface area contributed by atoms with Crippen LogP contribution in [0.5, 0.6) is 0 Å². The minimum Gasteiger partial charge on any atom is -0.336 e. The van der Waals surface area contributed by atoms with E-state index < -0.39 is 0 Å². The summed E-state index contributed by atoms with van der Waals surface area (Å²) in [4.78, 5) is 21.1. The average Bonchev–Trinajstić information content (AvgIpc) is 2.76. The highest BCUT2D eigenvalue weighted by atomic mass is 16.2. The Morgan fingerprint density at radius 2 is 2.14 bits per heavy atom. The van der Waals surface area contributed by atoms with Crippen LogP contribution < -0.4 is 5.32 Å². The topological polar surface area (TPSA) is 53.4 Å². The Hall–Kier alpha value is -1.56. The van der Waals surface area contributed by atoms with Crippen molar-refractivity contribution in [1.82, 2.24) is 24.7 Å². The zero-order valence-corrected chi connectivity index (χ0v) is 14.4. The van der Waals surface area contributed by atoms with Crippen LogP contribution in [0.15, 0.2) is 12.4 Å². The van der Waals surface area contributed by atoms with Gasteiger partial charge < -0.3 is 19.7 Å². The van der Waals surface area contributed by atoms with Crippen LogP contribution in [0, 0.1) is 5.92 Å². The molecule has 1 atom stereocenters. The van der Waals surface area contributed by atoms with E-state index in [-0.39, 0.29) is 12.1 Å². The molecule has 0 aromatic carbocycles. The van der Waals surface area contributed by atoms with Crippen LogP contribution >= 0.6 is 0 Å². The van der Waals surface area contributed by atoms with Gasteiger partial charge in [-0.25, -0.2) is 9.78 Å². The first-order chi connectivity index (χ1) is 10.4. The highest BCUT2D eigenvalue weighted by Crippen LogP contribution is 2.17. The molecule has 2 heterocycles. The third kappa shape index (κ3) is 4.22. The summed E-state index contributed by atoms with van der Waals surface area (Å²) in [5.74, 6) is 1.37. The van der Waals surface area contributed by atoms with E-state index in [2.05, 4.69) is 40.7 Å². The predicted octanol–water partition coefficient (Wildman–Crippen LogP) is 1.77. The molecule has 0 aliphatic carbocycles. The van der Waals surface area contributed by atoms with Gasteiger partial charge in [-0.3, -0.25) is 0 Å². The lowest BCUT2D eigenvalue weighted by Crippen LogP contribution is -2.45. The van der Waals surface area contributed by atoms with Crippen LogP contribution in [-0.4, -0.2) is 57.6 Å². The first-order valence-corrected chi connectivity index (χ1v) is 8.12. The molecule has 6 heteroatoms. The number of nitrogens with zero attached hydrogens (tertiary/aromatic N) is 4. The number of hydrogen-bond acceptors (Lipinski definition) is 3. The van der Waals surface area contributed by atoms with Crippen molar-refractivity contribution in [3.8, 4) is 0 Å². The fraction of sp³-hybridized carbons (Fsp3) is 0.750. The molecule has 1 aromatic heterocycles. The van der Waals surface area contributed by atoms with Crippen molar-refractivity contribution in [3.63, 3.8) is 0 Å². The molecule has 22 heavy (non-hydrogen) atoms. The second-order valence-corrected chi connectivity index (χ2v) is 6.88. The number of rotatable bonds is 4. The molecule has 0 bridgehead atoms. The molecule has 0 saturated carbocycles. The molecule has 0 fully saturated rings. The van der Waals surface area contributed by atoms with Gasteiger partial charge in [-0.1, -0.05) is 0 Å². The van der Waals surface area contributed by atoms with Crippen molar-refractivity contribution in [2.75, 3.05) is 20.1 Å². The number of carbonyl (C=O) groups excluding carboxylic acids is 1. The Kier molecular flexibility index (Phi) is 5.45. The zero-order chi connectivity index (χ0) is 16.3. The second-order valence-electron chi connectivity index (χ2n) is 6.88. The quantitative estimate of drug-likeness (QED) is 0.922. The van der Waals surface area contributed by atoms with Crippen LogP contribution in [0.25, 0.3) is 0 Å². The van der Waals surface area contributed by atoms with Gasteiger partial charge in [0, 0.05) is 50.0 Å². The van der Waals surface area contributed by atoms with E-state index in [1.165, 1.54) is 0 Å². The van der Waals surface area contributed by atoms with Crippen molar-refractivity contribution < 1.29 is 4.79 Å². The fourth-order valence-electron chi connectivity index (χ4n) is 2.77. The molecule has 2 amide bonds. The lowest BCUT2D eigenvalue weighted by molar-refractivity contribution is 0.164. The van der Waals surface area contributed by atoms with Crippen LogP contribution in [0.3, 0.4) is 0 Å². The molecule has 0 saturated heterocycles. The van der Waals surface area contributed by atoms with E-state index in [0.717, 1.165) is 25.5 Å². The predicted molar refractivity (Wildman–Crippen MR) is 87.6 cm³/mol. The second kappa shape index (κ2) is 7.13. The molecule has 1 aliphatic rings. The number of fused-ring (bicyclic) bond motifs is 1. The molecule has 1 aliphatic heterocycles. The van der Waals surface area contributed by atoms with E-state index in [1.54, 1.807) is 0 Å². The maximum Gasteiger partial charge on any atom is 0.318 e. The molecule has 0 radical (unpaired) electrons. The van der Waals surface area contributed by atoms with Gasteiger partial charge in [-0.15, -0.1) is 0 Å². The molecule has 0 spiro atoms. The molecular weight excluding hydrogens is 278 g/mol. The monoisotopic (exact) mass is 307 g/mol. The standard InChI is InChI=1S/C16H29N5O/c1-12(2)18-16(22)21-10-14(8-19(5)13(3)4)9-20-7-6-17-15(20)11-21/h6-7,12-14H,8-11H2,1-5H3,(H,18,22)/t14-/m0/s1. The number of imidazole rings is 1. The normalized spacial score (nSPS) is 18.7. The maximum atomic E-state index is 12.4. The van der Waals surface area contributed by atoms with Gasteiger partial charge in [0.05, 0.1) is 6.54 Å². The van der Waals surface area contributed by atoms with Gasteiger partial charge in [0.2, 0.25) is 0 Å². The molecule has 0 unspecified atom stereocenters. The van der Waals surface area contributed by atoms with Crippen LogP contribution in [0.2, 0.25) is 0 Å². The Morgan fingerprint density at radius 3 is 2.77 bits per heavy atom. The van der Waals surface area contributed by atoms with Gasteiger partial charge in [0.1, 0.15) is 5.82 Å². The van der Waals surface area contributed by atoms with Crippen molar-refractivity contribution in [2.45, 2.75) is 52.9 Å². The number of aromatic nitrogens is 2. The van der Waals surface area contributed by atoms with Crippen molar-refractivity contribution in [3.05, 3.63) is 18.2 Å². The zero-order valence-electron chi connectivity index (χ0n) is 14.4. The Labute approximate surface area is 133 Å². The largest absolute Gasteiger partial charge is 0.336 e. The number of hydrogen-bond donors (Lipinski definition) is 1. The summed E-state index contributed by atoms with van der Waals surface area (Å²) in [6.45, 7) is 11.6. The van der Waals surface area contributed by atoms with E-state index in [4.69, 9.17) is 0 Å². The van der Waals surface area contributed by atoms with Gasteiger partial charge in [0.25, 0.3) is 0 Å². The van der Waals surface area contributed by atoms with Gasteiger partial charge in [0.15, 0.2) is 0 Å². The van der Waals surface area contributed by atoms with Gasteiger partial charge in [-0.05, 0) is 34.7 Å². The highest BCUT2D eigenvalue weighted by Gasteiger charge is 2.26. The van der Waals surface area contributed by atoms with Gasteiger partial charge in [-0.2, -0.15) is 0 Å². The van der Waals surface area contributed by atoms with Crippen LogP contribution in [0.1, 0.15) is 33.5 Å². The first-order valence-electron chi connectivity index (χ1n) is 8.12. The lowest BCUT2D eigenvalue weighted by Gasteiger charge is -2.29. The minimum atomic E-state index is 0.00338. The summed E-state index contributed by atoms with van der Waals surface area (Å²) in [5, 5.41) is 3.00. The van der Waals surface area contributed by atoms with E-state index in [0.29, 0.717) is 18.5 Å². The number of amides is 2. The summed E-state index contributed by atoms with van der Waals surface area (Å²) in [6, 6.07) is 0.652. The molecule has 2 rings (SSSR count). The van der Waals surface area contributed by atoms with E-state index >= 15 is 0 Å². The summed E-state index contributed by atoms with van der Waals surface area (Å²) in [7, 11) is 2.14. The van der Waals surface area contributed by atoms with Crippen LogP contribution in [-0.2, 0) is 13.1 Å². The summed E-state index contributed by atoms with van der Waals surface area (Å²) >= 11 is 0. The minimum absolute atomic E-state index is 0.00338. The Bertz CT molecular complexity index is 496. The first kappa shape index (κ1) is 16.8. The summed E-state index contributed by atoms with van der Waals surface area (Å²) < 4.78 is 2.18. The lowest BCUT2D eigenvalue weighted by atomic mass is 10.1. The number of nitrogens with one attached hydrogen (secondary N) is 1.